The standard InChI is InChI=1S/C25H17FI2N2O4/c1-14-6-8-17(9-7-14)30-24(32)18(23(31)29-25(30)33)10-15-11-20(27)22(21(28)12-15)34-13-16-4-2-3-5-19(16)26/h2-12H,13H2,1H3,(H,29,31,33)/b18-10+. The Balaban J connectivity index is 1.61. The Morgan fingerprint density at radius 1 is 1.00 bits per heavy atom. The third-order valence-electron chi connectivity index (χ3n) is 5.06. The summed E-state index contributed by atoms with van der Waals surface area (Å²) in [6.45, 7) is 1.96. The number of anilines is 1. The van der Waals surface area contributed by atoms with Crippen molar-refractivity contribution in [2.75, 3.05) is 4.90 Å². The highest BCUT2D eigenvalue weighted by Gasteiger charge is 2.36. The number of rotatable bonds is 5. The summed E-state index contributed by atoms with van der Waals surface area (Å²) in [6, 6.07) is 15.9. The largest absolute Gasteiger partial charge is 0.487 e. The second-order valence-corrected chi connectivity index (χ2v) is 9.81. The van der Waals surface area contributed by atoms with Crippen molar-refractivity contribution in [3.05, 3.63) is 95.9 Å². The summed E-state index contributed by atoms with van der Waals surface area (Å²) in [4.78, 5) is 38.8. The van der Waals surface area contributed by atoms with Gasteiger partial charge in [0.05, 0.1) is 12.8 Å². The van der Waals surface area contributed by atoms with Crippen molar-refractivity contribution in [1.82, 2.24) is 5.32 Å². The molecule has 4 amide bonds. The first-order valence-corrected chi connectivity index (χ1v) is 12.2. The van der Waals surface area contributed by atoms with E-state index in [1.165, 1.54) is 12.1 Å². The molecule has 3 aromatic carbocycles. The fourth-order valence-electron chi connectivity index (χ4n) is 3.32. The van der Waals surface area contributed by atoms with Gasteiger partial charge in [0.1, 0.15) is 23.7 Å². The monoisotopic (exact) mass is 682 g/mol. The summed E-state index contributed by atoms with van der Waals surface area (Å²) in [7, 11) is 0. The Labute approximate surface area is 222 Å². The molecule has 0 aliphatic carbocycles. The average Bonchev–Trinajstić information content (AvgIpc) is 2.78. The molecule has 6 nitrogen and oxygen atoms in total. The van der Waals surface area contributed by atoms with Crippen molar-refractivity contribution < 1.29 is 23.5 Å². The fraction of sp³-hybridized carbons (Fsp3) is 0.0800. The maximum absolute atomic E-state index is 13.9. The van der Waals surface area contributed by atoms with E-state index in [1.807, 2.05) is 6.92 Å². The predicted molar refractivity (Wildman–Crippen MR) is 143 cm³/mol. The third kappa shape index (κ3) is 5.14. The Morgan fingerprint density at radius 3 is 2.29 bits per heavy atom. The van der Waals surface area contributed by atoms with Gasteiger partial charge in [0.15, 0.2) is 0 Å². The molecular formula is C25H17FI2N2O4. The van der Waals surface area contributed by atoms with Crippen LogP contribution < -0.4 is 15.0 Å². The van der Waals surface area contributed by atoms with Crippen LogP contribution in [0.3, 0.4) is 0 Å². The second kappa shape index (κ2) is 10.2. The van der Waals surface area contributed by atoms with Crippen LogP contribution in [-0.2, 0) is 16.2 Å². The highest BCUT2D eigenvalue weighted by Crippen LogP contribution is 2.31. The molecule has 34 heavy (non-hydrogen) atoms. The number of imide groups is 2. The molecule has 4 rings (SSSR count). The van der Waals surface area contributed by atoms with Crippen LogP contribution in [-0.4, -0.2) is 17.8 Å². The first-order chi connectivity index (χ1) is 16.2. The minimum absolute atomic E-state index is 0.0631. The summed E-state index contributed by atoms with van der Waals surface area (Å²) < 4.78 is 21.2. The van der Waals surface area contributed by atoms with E-state index in [-0.39, 0.29) is 18.0 Å². The topological polar surface area (TPSA) is 75.7 Å². The number of benzene rings is 3. The number of carbonyl (C=O) groups is 3. The van der Waals surface area contributed by atoms with Gasteiger partial charge >= 0.3 is 6.03 Å². The number of nitrogens with one attached hydrogen (secondary N) is 1. The van der Waals surface area contributed by atoms with Crippen molar-refractivity contribution >= 4 is 74.8 Å². The molecule has 0 bridgehead atoms. The number of hydrogen-bond donors (Lipinski definition) is 1. The Morgan fingerprint density at radius 2 is 1.65 bits per heavy atom. The van der Waals surface area contributed by atoms with Gasteiger partial charge in [-0.25, -0.2) is 14.1 Å². The van der Waals surface area contributed by atoms with Crippen LogP contribution in [0.1, 0.15) is 16.7 Å². The highest BCUT2D eigenvalue weighted by atomic mass is 127. The molecule has 0 unspecified atom stereocenters. The highest BCUT2D eigenvalue weighted by molar-refractivity contribution is 14.1. The minimum Gasteiger partial charge on any atom is -0.487 e. The van der Waals surface area contributed by atoms with E-state index in [4.69, 9.17) is 4.74 Å². The number of urea groups is 1. The predicted octanol–water partition coefficient (Wildman–Crippen LogP) is 5.59. The third-order valence-corrected chi connectivity index (χ3v) is 6.66. The van der Waals surface area contributed by atoms with E-state index >= 15 is 0 Å². The lowest BCUT2D eigenvalue weighted by atomic mass is 10.1. The molecular weight excluding hydrogens is 665 g/mol. The molecule has 0 aromatic heterocycles. The second-order valence-electron chi connectivity index (χ2n) is 7.49. The number of halogens is 3. The molecule has 1 N–H and O–H groups in total. The summed E-state index contributed by atoms with van der Waals surface area (Å²) >= 11 is 4.17. The zero-order valence-electron chi connectivity index (χ0n) is 17.8. The Hall–Kier alpha value is -2.80. The fourth-order valence-corrected chi connectivity index (χ4v) is 5.45. The van der Waals surface area contributed by atoms with Crippen LogP contribution in [0.15, 0.2) is 66.2 Å². The number of nitrogens with zero attached hydrogens (tertiary/aromatic N) is 1. The van der Waals surface area contributed by atoms with Crippen LogP contribution in [0.2, 0.25) is 0 Å². The molecule has 0 spiro atoms. The van der Waals surface area contributed by atoms with Crippen LogP contribution >= 0.6 is 45.2 Å². The van der Waals surface area contributed by atoms with Gasteiger partial charge < -0.3 is 4.74 Å². The molecule has 0 saturated carbocycles. The zero-order chi connectivity index (χ0) is 24.4. The quantitative estimate of drug-likeness (QED) is 0.217. The van der Waals surface area contributed by atoms with E-state index < -0.39 is 17.8 Å². The lowest BCUT2D eigenvalue weighted by molar-refractivity contribution is -0.122. The normalized spacial score (nSPS) is 15.0. The van der Waals surface area contributed by atoms with Crippen molar-refractivity contribution in [3.8, 4) is 5.75 Å². The van der Waals surface area contributed by atoms with Crippen LogP contribution in [0.4, 0.5) is 14.9 Å². The molecule has 9 heteroatoms. The van der Waals surface area contributed by atoms with Crippen molar-refractivity contribution in [1.29, 1.82) is 0 Å². The minimum atomic E-state index is -0.794. The molecule has 1 saturated heterocycles. The molecule has 172 valence electrons. The van der Waals surface area contributed by atoms with Gasteiger partial charge in [-0.15, -0.1) is 0 Å². The number of ether oxygens (including phenoxy) is 1. The Kier molecular flexibility index (Phi) is 7.31. The molecule has 0 atom stereocenters. The number of amides is 4. The van der Waals surface area contributed by atoms with Gasteiger partial charge in [0.2, 0.25) is 0 Å². The number of barbiturate groups is 1. The average molecular weight is 682 g/mol. The lowest BCUT2D eigenvalue weighted by Gasteiger charge is -2.26. The van der Waals surface area contributed by atoms with E-state index in [2.05, 4.69) is 50.5 Å². The van der Waals surface area contributed by atoms with Gasteiger partial charge in [0, 0.05) is 5.56 Å². The summed E-state index contributed by atoms with van der Waals surface area (Å²) in [6.07, 6.45) is 1.44. The van der Waals surface area contributed by atoms with Gasteiger partial charge in [-0.2, -0.15) is 0 Å². The van der Waals surface area contributed by atoms with Gasteiger partial charge in [0.25, 0.3) is 11.8 Å². The molecule has 1 fully saturated rings. The van der Waals surface area contributed by atoms with E-state index in [1.54, 1.807) is 54.6 Å². The molecule has 1 aliphatic rings. The SMILES string of the molecule is Cc1ccc(N2C(=O)NC(=O)/C(=C\c3cc(I)c(OCc4ccccc4F)c(I)c3)C2=O)cc1. The molecule has 1 heterocycles. The smallest absolute Gasteiger partial charge is 0.335 e. The first kappa shape index (κ1) is 24.3. The van der Waals surface area contributed by atoms with Crippen molar-refractivity contribution in [3.63, 3.8) is 0 Å². The van der Waals surface area contributed by atoms with Gasteiger partial charge in [-0.3, -0.25) is 14.9 Å². The zero-order valence-corrected chi connectivity index (χ0v) is 22.1. The lowest BCUT2D eigenvalue weighted by Crippen LogP contribution is -2.54. The molecule has 0 radical (unpaired) electrons. The van der Waals surface area contributed by atoms with Gasteiger partial charge in [-0.1, -0.05) is 35.9 Å². The van der Waals surface area contributed by atoms with E-state index in [0.717, 1.165) is 17.6 Å². The number of aryl methyl sites for hydroxylation is 1. The summed E-state index contributed by atoms with van der Waals surface area (Å²) in [5.41, 5.74) is 2.20. The molecule has 3 aromatic rings. The van der Waals surface area contributed by atoms with Crippen molar-refractivity contribution in [2.24, 2.45) is 0 Å². The van der Waals surface area contributed by atoms with Gasteiger partial charge in [-0.05, 0) is 94.1 Å². The van der Waals surface area contributed by atoms with Crippen LogP contribution in [0.25, 0.3) is 6.08 Å². The number of hydrogen-bond acceptors (Lipinski definition) is 4. The van der Waals surface area contributed by atoms with E-state index in [9.17, 15) is 18.8 Å². The summed E-state index contributed by atoms with van der Waals surface area (Å²) in [5, 5.41) is 2.22. The first-order valence-electron chi connectivity index (χ1n) is 10.1. The molecule has 1 aliphatic heterocycles. The van der Waals surface area contributed by atoms with Crippen molar-refractivity contribution in [2.45, 2.75) is 13.5 Å². The maximum Gasteiger partial charge on any atom is 0.335 e. The number of carbonyl (C=O) groups excluding carboxylic acids is 3. The van der Waals surface area contributed by atoms with E-state index in [0.29, 0.717) is 22.6 Å². The van der Waals surface area contributed by atoms with Crippen LogP contribution in [0, 0.1) is 19.9 Å². The Bertz CT molecular complexity index is 1320. The van der Waals surface area contributed by atoms with Crippen LogP contribution in [0.5, 0.6) is 5.75 Å². The maximum atomic E-state index is 13.9. The summed E-state index contributed by atoms with van der Waals surface area (Å²) in [5.74, 6) is -1.24.